The molecule has 5 aliphatic rings. The molecule has 4 aliphatic carbocycles. The number of halogens is 1. The fourth-order valence-corrected chi connectivity index (χ4v) is 6.92. The maximum atomic E-state index is 13.6. The van der Waals surface area contributed by atoms with Gasteiger partial charge in [-0.15, -0.1) is 0 Å². The van der Waals surface area contributed by atoms with Crippen molar-refractivity contribution in [2.24, 2.45) is 17.8 Å². The molecule has 6 rings (SSSR count). The van der Waals surface area contributed by atoms with Crippen LogP contribution in [-0.4, -0.2) is 47.8 Å². The molecule has 5 fully saturated rings. The molecule has 1 aliphatic heterocycles. The SMILES string of the molecule is COC12CC3C[C@H](C1)C(CC(=O)N1CC(O)C1)(c1ccc(F)cc1)[C@@H](C3)C2. The van der Waals surface area contributed by atoms with Crippen LogP contribution in [0.15, 0.2) is 24.3 Å². The van der Waals surface area contributed by atoms with E-state index in [1.165, 1.54) is 12.1 Å². The molecular formula is C22H28FNO3. The van der Waals surface area contributed by atoms with Crippen LogP contribution in [0.4, 0.5) is 4.39 Å². The summed E-state index contributed by atoms with van der Waals surface area (Å²) in [5, 5.41) is 9.60. The van der Waals surface area contributed by atoms with Crippen molar-refractivity contribution in [2.45, 2.75) is 55.6 Å². The summed E-state index contributed by atoms with van der Waals surface area (Å²) in [5.41, 5.74) is 0.846. The second-order valence-corrected chi connectivity index (χ2v) is 9.41. The third-order valence-electron chi connectivity index (χ3n) is 8.06. The Morgan fingerprint density at radius 2 is 1.81 bits per heavy atom. The largest absolute Gasteiger partial charge is 0.389 e. The van der Waals surface area contributed by atoms with Gasteiger partial charge in [0.25, 0.3) is 0 Å². The number of carbonyl (C=O) groups excluding carboxylic acids is 1. The Labute approximate surface area is 159 Å². The van der Waals surface area contributed by atoms with Crippen LogP contribution >= 0.6 is 0 Å². The number of rotatable bonds is 4. The molecule has 5 atom stereocenters. The lowest BCUT2D eigenvalue weighted by atomic mass is 9.41. The van der Waals surface area contributed by atoms with Crippen LogP contribution in [0.2, 0.25) is 0 Å². The number of aliphatic hydroxyl groups is 1. The first kappa shape index (κ1) is 17.6. The minimum Gasteiger partial charge on any atom is -0.389 e. The van der Waals surface area contributed by atoms with Crippen LogP contribution in [0, 0.1) is 23.6 Å². The Hall–Kier alpha value is -1.46. The first-order chi connectivity index (χ1) is 12.9. The highest BCUT2D eigenvalue weighted by Crippen LogP contribution is 2.66. The van der Waals surface area contributed by atoms with Gasteiger partial charge in [0.1, 0.15) is 5.82 Å². The van der Waals surface area contributed by atoms with Crippen molar-refractivity contribution in [1.29, 1.82) is 0 Å². The summed E-state index contributed by atoms with van der Waals surface area (Å²) in [6.07, 6.45) is 5.47. The van der Waals surface area contributed by atoms with Gasteiger partial charge in [0.15, 0.2) is 0 Å². The molecule has 1 N–H and O–H groups in total. The summed E-state index contributed by atoms with van der Waals surface area (Å²) in [6.45, 7) is 0.886. The summed E-state index contributed by atoms with van der Waals surface area (Å²) >= 11 is 0. The van der Waals surface area contributed by atoms with Crippen molar-refractivity contribution < 1.29 is 19.0 Å². The molecule has 0 spiro atoms. The van der Waals surface area contributed by atoms with Crippen LogP contribution in [0.1, 0.15) is 44.1 Å². The average molecular weight is 373 g/mol. The van der Waals surface area contributed by atoms with Crippen LogP contribution in [0.5, 0.6) is 0 Å². The van der Waals surface area contributed by atoms with Gasteiger partial charge in [-0.25, -0.2) is 4.39 Å². The quantitative estimate of drug-likeness (QED) is 0.883. The zero-order valence-electron chi connectivity index (χ0n) is 15.9. The number of ether oxygens (including phenoxy) is 1. The van der Waals surface area contributed by atoms with E-state index in [4.69, 9.17) is 4.74 Å². The van der Waals surface area contributed by atoms with E-state index in [2.05, 4.69) is 0 Å². The lowest BCUT2D eigenvalue weighted by Crippen LogP contribution is -2.64. The van der Waals surface area contributed by atoms with E-state index in [0.717, 1.165) is 37.7 Å². The summed E-state index contributed by atoms with van der Waals surface area (Å²) in [7, 11) is 1.83. The van der Waals surface area contributed by atoms with Crippen LogP contribution in [0.3, 0.4) is 0 Å². The van der Waals surface area contributed by atoms with Gasteiger partial charge in [-0.2, -0.15) is 0 Å². The maximum Gasteiger partial charge on any atom is 0.223 e. The Morgan fingerprint density at radius 3 is 2.37 bits per heavy atom. The van der Waals surface area contributed by atoms with E-state index in [-0.39, 0.29) is 28.8 Å². The molecule has 1 aromatic rings. The number of β-amino-alcohol motifs (C(OH)–C–C–N with tert-alkyl or cyclic N) is 1. The average Bonchev–Trinajstić information content (AvgIpc) is 2.62. The highest BCUT2D eigenvalue weighted by Gasteiger charge is 2.63. The predicted molar refractivity (Wildman–Crippen MR) is 98.6 cm³/mol. The molecule has 4 saturated carbocycles. The summed E-state index contributed by atoms with van der Waals surface area (Å²) in [5.74, 6) is 1.36. The highest BCUT2D eigenvalue weighted by molar-refractivity contribution is 5.79. The predicted octanol–water partition coefficient (Wildman–Crippen LogP) is 2.88. The first-order valence-corrected chi connectivity index (χ1v) is 10.2. The molecule has 1 aromatic carbocycles. The first-order valence-electron chi connectivity index (χ1n) is 10.2. The highest BCUT2D eigenvalue weighted by atomic mass is 19.1. The van der Waals surface area contributed by atoms with Crippen LogP contribution in [-0.2, 0) is 14.9 Å². The molecular weight excluding hydrogens is 345 g/mol. The number of nitrogens with zero attached hydrogens (tertiary/aromatic N) is 1. The molecule has 1 amide bonds. The molecule has 4 bridgehead atoms. The van der Waals surface area contributed by atoms with E-state index in [1.807, 2.05) is 19.2 Å². The number of methoxy groups -OCH3 is 1. The fourth-order valence-electron chi connectivity index (χ4n) is 6.92. The number of aliphatic hydroxyl groups excluding tert-OH is 1. The number of hydrogen-bond donors (Lipinski definition) is 1. The Balaban J connectivity index is 1.53. The Kier molecular flexibility index (Phi) is 3.93. The molecule has 3 unspecified atom stereocenters. The van der Waals surface area contributed by atoms with Gasteiger partial charge in [0.2, 0.25) is 5.91 Å². The Bertz CT molecular complexity index is 726. The summed E-state index contributed by atoms with van der Waals surface area (Å²) < 4.78 is 19.6. The van der Waals surface area contributed by atoms with Crippen molar-refractivity contribution in [2.75, 3.05) is 20.2 Å². The number of amides is 1. The molecule has 1 heterocycles. The van der Waals surface area contributed by atoms with E-state index in [0.29, 0.717) is 37.3 Å². The smallest absolute Gasteiger partial charge is 0.223 e. The van der Waals surface area contributed by atoms with E-state index in [9.17, 15) is 14.3 Å². The second kappa shape index (κ2) is 6.02. The molecule has 0 radical (unpaired) electrons. The minimum atomic E-state index is -0.383. The maximum absolute atomic E-state index is 13.6. The molecule has 1 saturated heterocycles. The standard InChI is InChI=1S/C22H28FNO3/c1-27-21-8-14-6-16(9-21)22(17(7-14)10-21,15-2-4-18(23)5-3-15)11-20(26)24-12-19(25)13-24/h2-5,14,16-17,19,25H,6-13H2,1H3/t14?,16-,17+,21?,22?. The van der Waals surface area contributed by atoms with Crippen molar-refractivity contribution in [3.63, 3.8) is 0 Å². The number of benzene rings is 1. The van der Waals surface area contributed by atoms with E-state index < -0.39 is 0 Å². The van der Waals surface area contributed by atoms with Gasteiger partial charge in [0.05, 0.1) is 11.7 Å². The second-order valence-electron chi connectivity index (χ2n) is 9.41. The minimum absolute atomic E-state index is 0.0317. The number of likely N-dealkylation sites (tertiary alicyclic amines) is 1. The van der Waals surface area contributed by atoms with Gasteiger partial charge in [-0.3, -0.25) is 4.79 Å². The van der Waals surface area contributed by atoms with E-state index in [1.54, 1.807) is 4.90 Å². The lowest BCUT2D eigenvalue weighted by molar-refractivity contribution is -0.186. The Morgan fingerprint density at radius 1 is 1.19 bits per heavy atom. The molecule has 4 nitrogen and oxygen atoms in total. The van der Waals surface area contributed by atoms with Gasteiger partial charge in [0, 0.05) is 32.0 Å². The van der Waals surface area contributed by atoms with Crippen molar-refractivity contribution in [3.8, 4) is 0 Å². The third-order valence-corrected chi connectivity index (χ3v) is 8.06. The van der Waals surface area contributed by atoms with Gasteiger partial charge in [-0.05, 0) is 67.6 Å². The van der Waals surface area contributed by atoms with Gasteiger partial charge >= 0.3 is 0 Å². The normalized spacial score (nSPS) is 40.3. The fraction of sp³-hybridized carbons (Fsp3) is 0.682. The number of carbonyl (C=O) groups is 1. The van der Waals surface area contributed by atoms with Crippen molar-refractivity contribution in [1.82, 2.24) is 4.90 Å². The molecule has 5 heteroatoms. The van der Waals surface area contributed by atoms with Crippen molar-refractivity contribution >= 4 is 5.91 Å². The lowest BCUT2D eigenvalue weighted by Gasteiger charge is -2.65. The van der Waals surface area contributed by atoms with Gasteiger partial charge < -0.3 is 14.7 Å². The summed E-state index contributed by atoms with van der Waals surface area (Å²) in [4.78, 5) is 14.8. The van der Waals surface area contributed by atoms with Crippen LogP contribution in [0.25, 0.3) is 0 Å². The van der Waals surface area contributed by atoms with Crippen molar-refractivity contribution in [3.05, 3.63) is 35.6 Å². The zero-order chi connectivity index (χ0) is 18.8. The number of hydrogen-bond acceptors (Lipinski definition) is 3. The zero-order valence-corrected chi connectivity index (χ0v) is 15.9. The van der Waals surface area contributed by atoms with E-state index >= 15 is 0 Å². The van der Waals surface area contributed by atoms with Crippen LogP contribution < -0.4 is 0 Å². The molecule has 0 aromatic heterocycles. The molecule has 27 heavy (non-hydrogen) atoms. The third kappa shape index (κ3) is 2.58. The monoisotopic (exact) mass is 373 g/mol. The topological polar surface area (TPSA) is 49.8 Å². The molecule has 146 valence electrons. The van der Waals surface area contributed by atoms with Gasteiger partial charge in [-0.1, -0.05) is 12.1 Å². The summed E-state index contributed by atoms with van der Waals surface area (Å²) in [6, 6.07) is 6.86.